The number of rotatable bonds is 7. The molecule has 1 aliphatic heterocycles. The topological polar surface area (TPSA) is 51.6 Å². The molecule has 284 valence electrons. The summed E-state index contributed by atoms with van der Waals surface area (Å²) in [6, 6.07) is 53.2. The van der Waals surface area contributed by atoms with Gasteiger partial charge in [-0.15, -0.1) is 0 Å². The van der Waals surface area contributed by atoms with Gasteiger partial charge in [0.15, 0.2) is 17.5 Å². The van der Waals surface area contributed by atoms with E-state index in [0.29, 0.717) is 17.5 Å². The molecule has 2 aromatic heterocycles. The number of benzene rings is 6. The van der Waals surface area contributed by atoms with E-state index in [1.807, 2.05) is 42.6 Å². The van der Waals surface area contributed by atoms with E-state index in [1.54, 1.807) is 11.8 Å². The lowest BCUT2D eigenvalue weighted by atomic mass is 9.65. The van der Waals surface area contributed by atoms with Gasteiger partial charge in [-0.2, -0.15) is 0 Å². The molecule has 0 saturated heterocycles. The minimum atomic E-state index is -0.653. The summed E-state index contributed by atoms with van der Waals surface area (Å²) in [4.78, 5) is 23.3. The highest BCUT2D eigenvalue weighted by Gasteiger charge is 2.53. The number of nitrogens with zero attached hydrogens (tertiary/aromatic N) is 4. The Labute approximate surface area is 354 Å². The lowest BCUT2D eigenvalue weighted by Crippen LogP contribution is -2.34. The number of fused-ring (bicyclic) bond motifs is 8. The van der Waals surface area contributed by atoms with Crippen LogP contribution in [0.3, 0.4) is 0 Å². The van der Waals surface area contributed by atoms with Crippen LogP contribution in [0, 0.1) is 0 Å². The molecular formula is C55H38N4S. The molecule has 2 aliphatic carbocycles. The van der Waals surface area contributed by atoms with E-state index in [0.717, 1.165) is 84.3 Å². The van der Waals surface area contributed by atoms with Crippen LogP contribution in [0.25, 0.3) is 78.4 Å². The third-order valence-electron chi connectivity index (χ3n) is 12.0. The first-order valence-corrected chi connectivity index (χ1v) is 21.2. The van der Waals surface area contributed by atoms with Gasteiger partial charge in [0.2, 0.25) is 0 Å². The van der Waals surface area contributed by atoms with Crippen LogP contribution >= 0.6 is 11.8 Å². The predicted octanol–water partition coefficient (Wildman–Crippen LogP) is 14.0. The van der Waals surface area contributed by atoms with Gasteiger partial charge in [0, 0.05) is 43.6 Å². The van der Waals surface area contributed by atoms with E-state index in [9.17, 15) is 0 Å². The lowest BCUT2D eigenvalue weighted by molar-refractivity contribution is 0.741. The average molecular weight is 787 g/mol. The first kappa shape index (κ1) is 35.9. The molecular weight excluding hydrogens is 749 g/mol. The van der Waals surface area contributed by atoms with Crippen LogP contribution in [-0.4, -0.2) is 19.9 Å². The summed E-state index contributed by atoms with van der Waals surface area (Å²) in [5.41, 5.74) is 14.6. The maximum absolute atomic E-state index is 5.41. The van der Waals surface area contributed by atoms with Gasteiger partial charge in [-0.25, -0.2) is 15.0 Å². The zero-order chi connectivity index (χ0) is 40.2. The Morgan fingerprint density at radius 2 is 1.12 bits per heavy atom. The van der Waals surface area contributed by atoms with Crippen LogP contribution in [0.5, 0.6) is 0 Å². The molecule has 1 atom stereocenters. The highest BCUT2D eigenvalue weighted by atomic mass is 32.2. The largest absolute Gasteiger partial charge is 0.256 e. The Bertz CT molecular complexity index is 3160. The molecule has 6 aromatic carbocycles. The zero-order valence-electron chi connectivity index (χ0n) is 32.8. The van der Waals surface area contributed by atoms with Crippen LogP contribution in [-0.2, 0) is 5.41 Å². The summed E-state index contributed by atoms with van der Waals surface area (Å²) in [6.07, 6.45) is 12.8. The molecule has 0 radical (unpaired) electrons. The molecule has 0 amide bonds. The van der Waals surface area contributed by atoms with Gasteiger partial charge >= 0.3 is 0 Å². The average Bonchev–Trinajstić information content (AvgIpc) is 3.62. The second kappa shape index (κ2) is 14.6. The normalized spacial score (nSPS) is 16.5. The van der Waals surface area contributed by atoms with Crippen LogP contribution < -0.4 is 0 Å². The van der Waals surface area contributed by atoms with Crippen molar-refractivity contribution >= 4 is 22.7 Å². The van der Waals surface area contributed by atoms with E-state index < -0.39 is 5.41 Å². The number of aromatic nitrogens is 4. The zero-order valence-corrected chi connectivity index (χ0v) is 33.7. The van der Waals surface area contributed by atoms with E-state index >= 15 is 0 Å². The number of allylic oxidation sites excluding steroid dienone is 6. The molecule has 8 aromatic rings. The van der Waals surface area contributed by atoms with Crippen molar-refractivity contribution in [2.24, 2.45) is 0 Å². The monoisotopic (exact) mass is 786 g/mol. The fraction of sp³-hybridized carbons (Fsp3) is 0.0545. The molecule has 5 heteroatoms. The molecule has 0 N–H and O–H groups in total. The first-order valence-electron chi connectivity index (χ1n) is 20.3. The van der Waals surface area contributed by atoms with Crippen molar-refractivity contribution in [1.82, 2.24) is 19.9 Å². The lowest BCUT2D eigenvalue weighted by Gasteiger charge is -2.43. The fourth-order valence-electron chi connectivity index (χ4n) is 9.53. The molecule has 3 aliphatic rings. The van der Waals surface area contributed by atoms with Crippen molar-refractivity contribution < 1.29 is 0 Å². The highest BCUT2D eigenvalue weighted by Crippen LogP contribution is 2.66. The van der Waals surface area contributed by atoms with E-state index in [2.05, 4.69) is 153 Å². The molecule has 0 bridgehead atoms. The minimum Gasteiger partial charge on any atom is -0.256 e. The van der Waals surface area contributed by atoms with Crippen LogP contribution in [0.4, 0.5) is 0 Å². The third-order valence-corrected chi connectivity index (χ3v) is 13.3. The Kier molecular flexibility index (Phi) is 8.72. The second-order valence-corrected chi connectivity index (χ2v) is 16.3. The molecule has 60 heavy (non-hydrogen) atoms. The summed E-state index contributed by atoms with van der Waals surface area (Å²) < 4.78 is 0. The van der Waals surface area contributed by atoms with Gasteiger partial charge in [-0.1, -0.05) is 189 Å². The van der Waals surface area contributed by atoms with Crippen LogP contribution in [0.2, 0.25) is 0 Å². The van der Waals surface area contributed by atoms with Crippen molar-refractivity contribution in [1.29, 1.82) is 0 Å². The number of para-hydroxylation sites is 1. The van der Waals surface area contributed by atoms with Gasteiger partial charge in [0.1, 0.15) is 0 Å². The first-order chi connectivity index (χ1) is 29.7. The Balaban J connectivity index is 1.25. The molecule has 1 spiro atoms. The predicted molar refractivity (Wildman–Crippen MR) is 249 cm³/mol. The minimum absolute atomic E-state index is 0.612. The van der Waals surface area contributed by atoms with Crippen LogP contribution in [0.1, 0.15) is 24.0 Å². The quantitative estimate of drug-likeness (QED) is 0.161. The van der Waals surface area contributed by atoms with Gasteiger partial charge in [0.25, 0.3) is 0 Å². The van der Waals surface area contributed by atoms with Gasteiger partial charge in [0.05, 0.1) is 10.9 Å². The molecule has 4 nitrogen and oxygen atoms in total. The van der Waals surface area contributed by atoms with Gasteiger partial charge in [-0.05, 0) is 75.1 Å². The van der Waals surface area contributed by atoms with E-state index in [-0.39, 0.29) is 0 Å². The highest BCUT2D eigenvalue weighted by molar-refractivity contribution is 8.07. The number of hydrogen-bond acceptors (Lipinski definition) is 5. The van der Waals surface area contributed by atoms with Crippen molar-refractivity contribution in [2.75, 3.05) is 0 Å². The van der Waals surface area contributed by atoms with Crippen molar-refractivity contribution in [3.8, 4) is 67.5 Å². The molecule has 0 saturated carbocycles. The maximum Gasteiger partial charge on any atom is 0.164 e. The van der Waals surface area contributed by atoms with Crippen molar-refractivity contribution in [3.63, 3.8) is 0 Å². The second-order valence-electron chi connectivity index (χ2n) is 15.3. The van der Waals surface area contributed by atoms with Crippen LogP contribution in [0.15, 0.2) is 216 Å². The molecule has 1 unspecified atom stereocenters. The molecule has 3 heterocycles. The SMILES string of the molecule is C=CC1=C(C=C)C2(C3=CCCC=C3S1)c1cccc(-c3nc(-c4ccccc4)nc(-c4cccc(-c5ccccc5)c4)n3)c1-c1c(-c3cccc4cccnc34)cccc12. The number of hydrogen-bond donors (Lipinski definition) is 0. The maximum atomic E-state index is 5.41. The van der Waals surface area contributed by atoms with Gasteiger partial charge < -0.3 is 0 Å². The number of thioether (sulfide) groups is 1. The van der Waals surface area contributed by atoms with Crippen molar-refractivity contribution in [3.05, 3.63) is 227 Å². The van der Waals surface area contributed by atoms with E-state index in [1.165, 1.54) is 21.6 Å². The van der Waals surface area contributed by atoms with Gasteiger partial charge in [-0.3, -0.25) is 4.98 Å². The summed E-state index contributed by atoms with van der Waals surface area (Å²) in [6.45, 7) is 8.84. The Hall–Kier alpha value is -7.21. The molecule has 0 fully saturated rings. The Morgan fingerprint density at radius 1 is 0.517 bits per heavy atom. The number of pyridine rings is 1. The smallest absolute Gasteiger partial charge is 0.164 e. The molecule has 11 rings (SSSR count). The summed E-state index contributed by atoms with van der Waals surface area (Å²) in [7, 11) is 0. The summed E-state index contributed by atoms with van der Waals surface area (Å²) >= 11 is 1.80. The Morgan fingerprint density at radius 3 is 1.88 bits per heavy atom. The third kappa shape index (κ3) is 5.54. The summed E-state index contributed by atoms with van der Waals surface area (Å²) in [5.74, 6) is 1.85. The summed E-state index contributed by atoms with van der Waals surface area (Å²) in [5, 5.41) is 1.09. The van der Waals surface area contributed by atoms with Crippen molar-refractivity contribution in [2.45, 2.75) is 18.3 Å². The fourth-order valence-corrected chi connectivity index (χ4v) is 10.7. The van der Waals surface area contributed by atoms with E-state index in [4.69, 9.17) is 19.9 Å². The standard InChI is InChI=1S/C55H38N4S/c1-3-43-47(4-2)60-48-32-12-11-29-44(48)55(43)45-30-15-26-40(41-27-14-22-36-25-17-33-56-51(36)41)49(45)50-42(28-16-31-46(50)55)54-58-52(37-20-9-6-10-21-37)57-53(59-54)39-24-13-23-38(34-39)35-18-7-5-8-19-35/h3-10,13-34H,1-2,11-12H2.